The highest BCUT2D eigenvalue weighted by Crippen LogP contribution is 2.32. The number of carbonyl (C=O) groups is 2. The van der Waals surface area contributed by atoms with Crippen molar-refractivity contribution in [2.75, 3.05) is 5.32 Å². The molecule has 5 N–H and O–H groups in total. The van der Waals surface area contributed by atoms with Crippen LogP contribution in [-0.4, -0.2) is 30.0 Å². The molecule has 0 spiro atoms. The van der Waals surface area contributed by atoms with Gasteiger partial charge in [0.1, 0.15) is 0 Å². The van der Waals surface area contributed by atoms with Gasteiger partial charge in [0.25, 0.3) is 5.91 Å². The molecule has 5 aromatic rings. The number of benzene rings is 4. The zero-order valence-electron chi connectivity index (χ0n) is 19.8. The summed E-state index contributed by atoms with van der Waals surface area (Å²) in [4.78, 5) is 24.6. The fourth-order valence-electron chi connectivity index (χ4n) is 4.32. The minimum atomic E-state index is -3.86. The highest BCUT2D eigenvalue weighted by molar-refractivity contribution is 7.89. The molecule has 0 aliphatic rings. The monoisotopic (exact) mass is 513 g/mol. The topological polar surface area (TPSA) is 150 Å². The molecule has 0 atom stereocenters. The summed E-state index contributed by atoms with van der Waals surface area (Å²) >= 11 is 0. The predicted molar refractivity (Wildman–Crippen MR) is 142 cm³/mol. The van der Waals surface area contributed by atoms with Crippen LogP contribution in [0, 0.1) is 6.92 Å². The van der Waals surface area contributed by atoms with Crippen molar-refractivity contribution in [3.05, 3.63) is 95.7 Å². The van der Waals surface area contributed by atoms with E-state index >= 15 is 0 Å². The maximum Gasteiger partial charge on any atom is 0.255 e. The normalized spacial score (nSPS) is 11.6. The first-order chi connectivity index (χ1) is 17.6. The van der Waals surface area contributed by atoms with Crippen LogP contribution in [0.3, 0.4) is 0 Å². The van der Waals surface area contributed by atoms with Crippen molar-refractivity contribution in [3.63, 3.8) is 0 Å². The van der Waals surface area contributed by atoms with Gasteiger partial charge in [-0.2, -0.15) is 5.10 Å². The number of carbonyl (C=O) groups excluding carboxylic acids is 2. The number of aryl methyl sites for hydroxylation is 1. The molecule has 4 aromatic carbocycles. The molecule has 37 heavy (non-hydrogen) atoms. The number of nitrogens with two attached hydrogens (primary N) is 2. The molecule has 0 saturated heterocycles. The van der Waals surface area contributed by atoms with Crippen LogP contribution in [-0.2, 0) is 21.2 Å². The lowest BCUT2D eigenvalue weighted by Crippen LogP contribution is -2.14. The molecule has 0 saturated carbocycles. The largest absolute Gasteiger partial charge is 0.369 e. The minimum Gasteiger partial charge on any atom is -0.369 e. The summed E-state index contributed by atoms with van der Waals surface area (Å²) < 4.78 is 25.1. The van der Waals surface area contributed by atoms with E-state index in [1.165, 1.54) is 12.1 Å². The Bertz CT molecular complexity index is 1810. The number of primary sulfonamides is 1. The number of rotatable bonds is 6. The number of primary amides is 1. The summed E-state index contributed by atoms with van der Waals surface area (Å²) in [6, 6.07) is 22.6. The summed E-state index contributed by atoms with van der Waals surface area (Å²) in [5.74, 6) is -0.771. The summed E-state index contributed by atoms with van der Waals surface area (Å²) in [5.41, 5.74) is 9.31. The molecule has 1 heterocycles. The van der Waals surface area contributed by atoms with Gasteiger partial charge in [-0.15, -0.1) is 0 Å². The fourth-order valence-corrected chi connectivity index (χ4v) is 4.83. The molecule has 186 valence electrons. The van der Waals surface area contributed by atoms with Gasteiger partial charge in [-0.25, -0.2) is 18.2 Å². The van der Waals surface area contributed by atoms with Gasteiger partial charge in [0.2, 0.25) is 15.9 Å². The maximum atomic E-state index is 12.9. The molecule has 2 amide bonds. The van der Waals surface area contributed by atoms with Gasteiger partial charge in [0.05, 0.1) is 28.2 Å². The molecular weight excluding hydrogens is 490 g/mol. The smallest absolute Gasteiger partial charge is 0.255 e. The van der Waals surface area contributed by atoms with E-state index in [1.807, 2.05) is 55.5 Å². The summed E-state index contributed by atoms with van der Waals surface area (Å²) in [7, 11) is -3.86. The first-order valence-corrected chi connectivity index (χ1v) is 12.9. The van der Waals surface area contributed by atoms with Crippen LogP contribution in [0.25, 0.3) is 27.4 Å². The van der Waals surface area contributed by atoms with E-state index in [0.29, 0.717) is 33.5 Å². The van der Waals surface area contributed by atoms with Crippen LogP contribution in [0.5, 0.6) is 0 Å². The molecule has 0 bridgehead atoms. The SMILES string of the molecule is Cc1cccc(C(=O)Nc2ccc3ccc4c(CC(N)=O)nn(-c5ccc(S(N)(=O)=O)cc5)c4c3c2)c1. The van der Waals surface area contributed by atoms with Crippen molar-refractivity contribution >= 4 is 49.2 Å². The average molecular weight is 514 g/mol. The molecule has 0 aliphatic heterocycles. The molecular formula is C27H23N5O4S. The lowest BCUT2D eigenvalue weighted by molar-refractivity contribution is -0.117. The number of nitrogens with one attached hydrogen (secondary N) is 1. The third-order valence-electron chi connectivity index (χ3n) is 6.03. The highest BCUT2D eigenvalue weighted by atomic mass is 32.2. The fraction of sp³-hybridized carbons (Fsp3) is 0.0741. The molecule has 0 fully saturated rings. The van der Waals surface area contributed by atoms with Crippen LogP contribution in [0.15, 0.2) is 83.8 Å². The Morgan fingerprint density at radius 2 is 1.68 bits per heavy atom. The summed E-state index contributed by atoms with van der Waals surface area (Å²) in [5, 5.41) is 15.2. The first-order valence-electron chi connectivity index (χ1n) is 11.3. The van der Waals surface area contributed by atoms with Crippen molar-refractivity contribution in [1.29, 1.82) is 0 Å². The summed E-state index contributed by atoms with van der Waals surface area (Å²) in [6.45, 7) is 1.92. The van der Waals surface area contributed by atoms with Gasteiger partial charge in [-0.1, -0.05) is 35.9 Å². The van der Waals surface area contributed by atoms with Gasteiger partial charge in [0, 0.05) is 22.0 Å². The predicted octanol–water partition coefficient (Wildman–Crippen LogP) is 3.41. The molecule has 0 radical (unpaired) electrons. The average Bonchev–Trinajstić information content (AvgIpc) is 3.21. The number of fused-ring (bicyclic) bond motifs is 3. The van der Waals surface area contributed by atoms with Gasteiger partial charge >= 0.3 is 0 Å². The molecule has 5 rings (SSSR count). The van der Waals surface area contributed by atoms with E-state index < -0.39 is 15.9 Å². The minimum absolute atomic E-state index is 0.0314. The highest BCUT2D eigenvalue weighted by Gasteiger charge is 2.18. The van der Waals surface area contributed by atoms with Gasteiger partial charge in [-0.3, -0.25) is 9.59 Å². The second-order valence-electron chi connectivity index (χ2n) is 8.76. The van der Waals surface area contributed by atoms with Crippen molar-refractivity contribution in [1.82, 2.24) is 9.78 Å². The zero-order chi connectivity index (χ0) is 26.3. The second-order valence-corrected chi connectivity index (χ2v) is 10.3. The maximum absolute atomic E-state index is 12.9. The van der Waals surface area contributed by atoms with Crippen molar-refractivity contribution < 1.29 is 18.0 Å². The van der Waals surface area contributed by atoms with Gasteiger partial charge in [0.15, 0.2) is 0 Å². The quantitative estimate of drug-likeness (QED) is 0.318. The van der Waals surface area contributed by atoms with E-state index in [1.54, 1.807) is 22.9 Å². The van der Waals surface area contributed by atoms with Crippen molar-refractivity contribution in [2.45, 2.75) is 18.2 Å². The Morgan fingerprint density at radius 3 is 2.35 bits per heavy atom. The second kappa shape index (κ2) is 9.16. The summed E-state index contributed by atoms with van der Waals surface area (Å²) in [6.07, 6.45) is -0.0753. The van der Waals surface area contributed by atoms with E-state index in [0.717, 1.165) is 16.3 Å². The molecule has 0 aliphatic carbocycles. The van der Waals surface area contributed by atoms with Crippen LogP contribution in [0.2, 0.25) is 0 Å². The van der Waals surface area contributed by atoms with Crippen LogP contribution in [0.1, 0.15) is 21.6 Å². The van der Waals surface area contributed by atoms with Gasteiger partial charge in [-0.05, 0) is 60.8 Å². The number of nitrogens with zero attached hydrogens (tertiary/aromatic N) is 2. The van der Waals surface area contributed by atoms with E-state index in [4.69, 9.17) is 10.9 Å². The third-order valence-corrected chi connectivity index (χ3v) is 6.96. The Morgan fingerprint density at radius 1 is 0.946 bits per heavy atom. The Labute approximate surface area is 212 Å². The van der Waals surface area contributed by atoms with Crippen molar-refractivity contribution in [3.8, 4) is 5.69 Å². The van der Waals surface area contributed by atoms with Crippen LogP contribution >= 0.6 is 0 Å². The lowest BCUT2D eigenvalue weighted by atomic mass is 10.0. The number of hydrogen-bond donors (Lipinski definition) is 3. The van der Waals surface area contributed by atoms with Crippen molar-refractivity contribution in [2.24, 2.45) is 10.9 Å². The first kappa shape index (κ1) is 24.2. The van der Waals surface area contributed by atoms with Gasteiger partial charge < -0.3 is 11.1 Å². The Hall–Kier alpha value is -4.54. The van der Waals surface area contributed by atoms with Crippen LogP contribution in [0.4, 0.5) is 5.69 Å². The molecule has 10 heteroatoms. The van der Waals surface area contributed by atoms with Crippen LogP contribution < -0.4 is 16.2 Å². The van der Waals surface area contributed by atoms with E-state index in [2.05, 4.69) is 10.4 Å². The number of anilines is 1. The number of aromatic nitrogens is 2. The number of amides is 2. The van der Waals surface area contributed by atoms with E-state index in [9.17, 15) is 18.0 Å². The zero-order valence-corrected chi connectivity index (χ0v) is 20.6. The lowest BCUT2D eigenvalue weighted by Gasteiger charge is -2.10. The molecule has 0 unspecified atom stereocenters. The molecule has 1 aromatic heterocycles. The number of hydrogen-bond acceptors (Lipinski definition) is 5. The third kappa shape index (κ3) is 4.80. The molecule has 9 nitrogen and oxygen atoms in total. The van der Waals surface area contributed by atoms with E-state index in [-0.39, 0.29) is 17.2 Å². The standard InChI is InChI=1S/C27H23N5O4S/c1-16-3-2-4-18(13-16)27(34)30-19-7-5-17-6-12-22-24(15-25(28)33)31-32(26(22)23(17)14-19)20-8-10-21(11-9-20)37(29,35)36/h2-14H,15H2,1H3,(H2,28,33)(H,30,34)(H2,29,35,36). The Balaban J connectivity index is 1.67. The Kier molecular flexibility index (Phi) is 5.98. The number of sulfonamides is 1.